The summed E-state index contributed by atoms with van der Waals surface area (Å²) in [6.07, 6.45) is 46.4. The van der Waals surface area contributed by atoms with Crippen molar-refractivity contribution in [2.24, 2.45) is 0 Å². The van der Waals surface area contributed by atoms with E-state index in [-0.39, 0.29) is 26.1 Å². The third-order valence-electron chi connectivity index (χ3n) is 10.7. The van der Waals surface area contributed by atoms with Crippen LogP contribution in [-0.2, 0) is 32.7 Å². The van der Waals surface area contributed by atoms with Crippen LogP contribution in [0.3, 0.4) is 0 Å². The van der Waals surface area contributed by atoms with E-state index in [1.54, 1.807) is 0 Å². The van der Waals surface area contributed by atoms with Crippen LogP contribution in [0, 0.1) is 0 Å². The van der Waals surface area contributed by atoms with Gasteiger partial charge in [0, 0.05) is 12.8 Å². The summed E-state index contributed by atoms with van der Waals surface area (Å²) in [5.74, 6) is -0.839. The number of unbranched alkanes of at least 4 members (excludes halogenated alkanes) is 27. The Hall–Kier alpha value is -1.51. The number of likely N-dealkylation sites (N-methyl/N-ethyl adjacent to an activating group) is 1. The van der Waals surface area contributed by atoms with Gasteiger partial charge in [-0.05, 0) is 64.2 Å². The van der Waals surface area contributed by atoms with Crippen LogP contribution in [0.4, 0.5) is 0 Å². The largest absolute Gasteiger partial charge is 0.756 e. The molecule has 2 unspecified atom stereocenters. The molecule has 0 heterocycles. The van der Waals surface area contributed by atoms with Crippen molar-refractivity contribution in [2.45, 2.75) is 232 Å². The van der Waals surface area contributed by atoms with Crippen LogP contribution in [0.15, 0.2) is 24.3 Å². The summed E-state index contributed by atoms with van der Waals surface area (Å²) in [7, 11) is 1.17. The predicted molar refractivity (Wildman–Crippen MR) is 245 cm³/mol. The zero-order valence-electron chi connectivity index (χ0n) is 39.2. The number of rotatable bonds is 45. The van der Waals surface area contributed by atoms with Crippen molar-refractivity contribution in [3.8, 4) is 0 Å². The Morgan fingerprint density at radius 1 is 0.508 bits per heavy atom. The molecule has 0 aliphatic carbocycles. The Balaban J connectivity index is 4.20. The van der Waals surface area contributed by atoms with Crippen molar-refractivity contribution >= 4 is 19.8 Å². The Morgan fingerprint density at radius 2 is 0.864 bits per heavy atom. The minimum Gasteiger partial charge on any atom is -0.756 e. The van der Waals surface area contributed by atoms with Gasteiger partial charge in [0.05, 0.1) is 27.7 Å². The molecule has 9 nitrogen and oxygen atoms in total. The van der Waals surface area contributed by atoms with Crippen LogP contribution in [0.2, 0.25) is 0 Å². The maximum atomic E-state index is 12.7. The molecule has 10 heteroatoms. The van der Waals surface area contributed by atoms with E-state index in [0.29, 0.717) is 17.4 Å². The summed E-state index contributed by atoms with van der Waals surface area (Å²) in [4.78, 5) is 37.6. The SMILES string of the molecule is CCCCC/C=C\CCCCCCCC(=O)OCC(COP(=O)([O-])OCC[N+](C)(C)C)OC(=O)CCCCCCCCCCCCC/C=C\CCCCCCCCCC. The summed E-state index contributed by atoms with van der Waals surface area (Å²) >= 11 is 0. The third kappa shape index (κ3) is 45.8. The van der Waals surface area contributed by atoms with Gasteiger partial charge in [-0.15, -0.1) is 0 Å². The van der Waals surface area contributed by atoms with E-state index in [4.69, 9.17) is 18.5 Å². The first-order chi connectivity index (χ1) is 28.5. The second-order valence-corrected chi connectivity index (χ2v) is 19.2. The fourth-order valence-corrected chi connectivity index (χ4v) is 7.55. The number of ether oxygens (including phenoxy) is 2. The summed E-state index contributed by atoms with van der Waals surface area (Å²) in [6.45, 7) is 4.21. The average Bonchev–Trinajstić information content (AvgIpc) is 3.19. The molecule has 0 saturated carbocycles. The number of quaternary nitrogens is 1. The van der Waals surface area contributed by atoms with Crippen LogP contribution < -0.4 is 4.89 Å². The zero-order chi connectivity index (χ0) is 43.6. The summed E-state index contributed by atoms with van der Waals surface area (Å²) in [6, 6.07) is 0. The van der Waals surface area contributed by atoms with Gasteiger partial charge in [0.1, 0.15) is 19.8 Å². The van der Waals surface area contributed by atoms with Crippen molar-refractivity contribution < 1.29 is 42.1 Å². The van der Waals surface area contributed by atoms with Gasteiger partial charge in [0.2, 0.25) is 0 Å². The van der Waals surface area contributed by atoms with E-state index < -0.39 is 32.5 Å². The van der Waals surface area contributed by atoms with Gasteiger partial charge in [0.25, 0.3) is 7.82 Å². The van der Waals surface area contributed by atoms with E-state index in [0.717, 1.165) is 57.8 Å². The molecule has 59 heavy (non-hydrogen) atoms. The lowest BCUT2D eigenvalue weighted by atomic mass is 10.0. The molecular weight excluding hydrogens is 762 g/mol. The van der Waals surface area contributed by atoms with Gasteiger partial charge in [0.15, 0.2) is 6.10 Å². The predicted octanol–water partition coefficient (Wildman–Crippen LogP) is 13.7. The summed E-state index contributed by atoms with van der Waals surface area (Å²) in [5, 5.41) is 0. The molecule has 0 aromatic rings. The monoisotopic (exact) mass is 856 g/mol. The number of esters is 2. The molecule has 0 spiro atoms. The summed E-state index contributed by atoms with van der Waals surface area (Å²) in [5.41, 5.74) is 0. The van der Waals surface area contributed by atoms with E-state index in [1.165, 1.54) is 135 Å². The molecule has 0 amide bonds. The van der Waals surface area contributed by atoms with Gasteiger partial charge < -0.3 is 27.9 Å². The number of phosphoric acid groups is 1. The normalized spacial score (nSPS) is 13.7. The van der Waals surface area contributed by atoms with Gasteiger partial charge in [-0.25, -0.2) is 0 Å². The number of phosphoric ester groups is 1. The first-order valence-electron chi connectivity index (χ1n) is 24.5. The van der Waals surface area contributed by atoms with Crippen molar-refractivity contribution in [3.05, 3.63) is 24.3 Å². The topological polar surface area (TPSA) is 111 Å². The highest BCUT2D eigenvalue weighted by Crippen LogP contribution is 2.38. The smallest absolute Gasteiger partial charge is 0.306 e. The highest BCUT2D eigenvalue weighted by Gasteiger charge is 2.21. The molecule has 0 rings (SSSR count). The highest BCUT2D eigenvalue weighted by molar-refractivity contribution is 7.45. The average molecular weight is 856 g/mol. The maximum Gasteiger partial charge on any atom is 0.306 e. The lowest BCUT2D eigenvalue weighted by molar-refractivity contribution is -0.870. The van der Waals surface area contributed by atoms with Crippen molar-refractivity contribution in [1.82, 2.24) is 0 Å². The Bertz CT molecular complexity index is 1060. The number of carbonyl (C=O) groups excluding carboxylic acids is 2. The van der Waals surface area contributed by atoms with Gasteiger partial charge in [-0.1, -0.05) is 173 Å². The number of nitrogens with zero attached hydrogens (tertiary/aromatic N) is 1. The molecule has 0 aliphatic rings. The van der Waals surface area contributed by atoms with Crippen molar-refractivity contribution in [2.75, 3.05) is 47.5 Å². The summed E-state index contributed by atoms with van der Waals surface area (Å²) < 4.78 is 34.0. The Labute approximate surface area is 364 Å². The molecule has 348 valence electrons. The number of carbonyl (C=O) groups is 2. The minimum absolute atomic E-state index is 0.0307. The van der Waals surface area contributed by atoms with E-state index in [9.17, 15) is 19.0 Å². The standard InChI is InChI=1S/C49H94NO8P/c1-6-8-10-12-14-16-18-20-21-22-23-24-25-26-27-28-29-30-32-34-36-38-40-42-49(52)58-47(46-57-59(53,54)56-44-43-50(3,4)5)45-55-48(51)41-39-37-35-33-31-19-17-15-13-11-9-7-2/h15,17,22-23,47H,6-14,16,18-21,24-46H2,1-5H3/b17-15-,23-22-. The van der Waals surface area contributed by atoms with E-state index >= 15 is 0 Å². The second-order valence-electron chi connectivity index (χ2n) is 17.8. The lowest BCUT2D eigenvalue weighted by Crippen LogP contribution is -2.37. The quantitative estimate of drug-likeness (QED) is 0.0196. The fraction of sp³-hybridized carbons (Fsp3) is 0.878. The molecule has 0 radical (unpaired) electrons. The molecule has 0 N–H and O–H groups in total. The number of allylic oxidation sites excluding steroid dienone is 4. The molecular formula is C49H94NO8P. The third-order valence-corrected chi connectivity index (χ3v) is 11.7. The van der Waals surface area contributed by atoms with E-state index in [1.807, 2.05) is 21.1 Å². The van der Waals surface area contributed by atoms with Gasteiger partial charge in [-0.2, -0.15) is 0 Å². The Morgan fingerprint density at radius 3 is 1.29 bits per heavy atom. The second kappa shape index (κ2) is 41.8. The highest BCUT2D eigenvalue weighted by atomic mass is 31.2. The van der Waals surface area contributed by atoms with Crippen LogP contribution >= 0.6 is 7.82 Å². The molecule has 0 saturated heterocycles. The minimum atomic E-state index is -4.62. The first kappa shape index (κ1) is 57.5. The van der Waals surface area contributed by atoms with Crippen LogP contribution in [0.1, 0.15) is 226 Å². The lowest BCUT2D eigenvalue weighted by Gasteiger charge is -2.28. The van der Waals surface area contributed by atoms with Crippen molar-refractivity contribution in [1.29, 1.82) is 0 Å². The van der Waals surface area contributed by atoms with Gasteiger partial charge >= 0.3 is 11.9 Å². The molecule has 0 fully saturated rings. The maximum absolute atomic E-state index is 12.7. The first-order valence-corrected chi connectivity index (χ1v) is 26.0. The van der Waals surface area contributed by atoms with Crippen LogP contribution in [0.25, 0.3) is 0 Å². The zero-order valence-corrected chi connectivity index (χ0v) is 40.1. The number of hydrogen-bond acceptors (Lipinski definition) is 8. The molecule has 0 aliphatic heterocycles. The van der Waals surface area contributed by atoms with Crippen LogP contribution in [0.5, 0.6) is 0 Å². The van der Waals surface area contributed by atoms with Gasteiger partial charge in [-0.3, -0.25) is 14.2 Å². The van der Waals surface area contributed by atoms with Crippen LogP contribution in [-0.4, -0.2) is 70.0 Å². The molecule has 0 aromatic carbocycles. The fourth-order valence-electron chi connectivity index (χ4n) is 6.82. The Kier molecular flexibility index (Phi) is 40.8. The number of hydrogen-bond donors (Lipinski definition) is 0. The molecule has 2 atom stereocenters. The van der Waals surface area contributed by atoms with E-state index in [2.05, 4.69) is 38.2 Å². The molecule has 0 bridgehead atoms. The van der Waals surface area contributed by atoms with Crippen molar-refractivity contribution in [3.63, 3.8) is 0 Å². The molecule has 0 aromatic heterocycles.